The molecule has 5 nitrogen and oxygen atoms in total. The van der Waals surface area contributed by atoms with E-state index in [2.05, 4.69) is 5.32 Å². The number of carbonyl (C=O) groups is 1. The van der Waals surface area contributed by atoms with Crippen LogP contribution in [-0.2, 0) is 11.3 Å². The van der Waals surface area contributed by atoms with Crippen LogP contribution in [0.25, 0.3) is 0 Å². The molecule has 0 heterocycles. The van der Waals surface area contributed by atoms with Crippen LogP contribution in [-0.4, -0.2) is 29.3 Å². The molecule has 1 saturated carbocycles. The first-order valence-corrected chi connectivity index (χ1v) is 7.50. The number of aromatic hydroxyl groups is 1. The van der Waals surface area contributed by atoms with Gasteiger partial charge in [0, 0.05) is 6.54 Å². The van der Waals surface area contributed by atoms with Crippen molar-refractivity contribution in [2.24, 2.45) is 11.8 Å². The highest BCUT2D eigenvalue weighted by atomic mass is 16.5. The molecule has 0 bridgehead atoms. The summed E-state index contributed by atoms with van der Waals surface area (Å²) < 4.78 is 5.35. The molecule has 0 radical (unpaired) electrons. The minimum absolute atomic E-state index is 0.141. The van der Waals surface area contributed by atoms with Crippen LogP contribution in [0.3, 0.4) is 0 Å². The largest absolute Gasteiger partial charge is 0.504 e. The zero-order valence-electron chi connectivity index (χ0n) is 12.3. The van der Waals surface area contributed by atoms with Crippen LogP contribution in [0.2, 0.25) is 0 Å². The van der Waals surface area contributed by atoms with Crippen molar-refractivity contribution in [3.8, 4) is 11.5 Å². The lowest BCUT2D eigenvalue weighted by molar-refractivity contribution is -0.142. The summed E-state index contributed by atoms with van der Waals surface area (Å²) in [4.78, 5) is 11.1. The van der Waals surface area contributed by atoms with Gasteiger partial charge in [0.2, 0.25) is 0 Å². The second-order valence-electron chi connectivity index (χ2n) is 5.50. The Bertz CT molecular complexity index is 489. The molecule has 1 aliphatic rings. The highest BCUT2D eigenvalue weighted by molar-refractivity contribution is 5.70. The van der Waals surface area contributed by atoms with Crippen molar-refractivity contribution >= 4 is 5.97 Å². The lowest BCUT2D eigenvalue weighted by Crippen LogP contribution is -2.28. The number of phenols is 1. The first kappa shape index (κ1) is 15.6. The summed E-state index contributed by atoms with van der Waals surface area (Å²) in [6.45, 7) is 3.73. The smallest absolute Gasteiger partial charge is 0.306 e. The third-order valence-corrected chi connectivity index (χ3v) is 4.04. The molecule has 2 rings (SSSR count). The Labute approximate surface area is 124 Å². The Morgan fingerprint density at radius 2 is 2.24 bits per heavy atom. The van der Waals surface area contributed by atoms with Crippen molar-refractivity contribution in [3.63, 3.8) is 0 Å². The molecule has 116 valence electrons. The Balaban J connectivity index is 1.86. The second kappa shape index (κ2) is 7.31. The molecular formula is C16H23NO4. The Morgan fingerprint density at radius 3 is 2.95 bits per heavy atom. The number of aliphatic carboxylic acids is 1. The number of hydrogen-bond donors (Lipinski definition) is 3. The van der Waals surface area contributed by atoms with Gasteiger partial charge in [-0.1, -0.05) is 12.5 Å². The maximum absolute atomic E-state index is 11.1. The number of ether oxygens (including phenoxy) is 1. The highest BCUT2D eigenvalue weighted by Gasteiger charge is 2.32. The van der Waals surface area contributed by atoms with Crippen molar-refractivity contribution in [1.82, 2.24) is 5.32 Å². The quantitative estimate of drug-likeness (QED) is 0.719. The average Bonchev–Trinajstić information content (AvgIpc) is 2.91. The fourth-order valence-electron chi connectivity index (χ4n) is 2.95. The monoisotopic (exact) mass is 293 g/mol. The molecule has 0 spiro atoms. The minimum Gasteiger partial charge on any atom is -0.504 e. The molecule has 2 unspecified atom stereocenters. The molecule has 0 aliphatic heterocycles. The Hall–Kier alpha value is -1.75. The predicted octanol–water partition coefficient (Wildman–Crippen LogP) is 2.38. The van der Waals surface area contributed by atoms with Gasteiger partial charge >= 0.3 is 5.97 Å². The van der Waals surface area contributed by atoms with Crippen LogP contribution in [0, 0.1) is 11.8 Å². The van der Waals surface area contributed by atoms with E-state index in [1.165, 1.54) is 0 Å². The van der Waals surface area contributed by atoms with Crippen molar-refractivity contribution < 1.29 is 19.7 Å². The summed E-state index contributed by atoms with van der Waals surface area (Å²) in [6.07, 6.45) is 2.76. The summed E-state index contributed by atoms with van der Waals surface area (Å²) in [5, 5.41) is 22.1. The third kappa shape index (κ3) is 4.11. The van der Waals surface area contributed by atoms with Gasteiger partial charge in [0.1, 0.15) is 0 Å². The van der Waals surface area contributed by atoms with E-state index in [0.717, 1.165) is 24.8 Å². The fourth-order valence-corrected chi connectivity index (χ4v) is 2.95. The lowest BCUT2D eigenvalue weighted by atomic mass is 9.96. The average molecular weight is 293 g/mol. The third-order valence-electron chi connectivity index (χ3n) is 4.04. The fraction of sp³-hybridized carbons (Fsp3) is 0.562. The topological polar surface area (TPSA) is 78.8 Å². The van der Waals surface area contributed by atoms with Gasteiger partial charge in [-0.05, 0) is 49.9 Å². The SMILES string of the molecule is CCOc1cc(CNCC2CCCC2C(=O)O)ccc1O. The van der Waals surface area contributed by atoms with Gasteiger partial charge in [-0.2, -0.15) is 0 Å². The van der Waals surface area contributed by atoms with Gasteiger partial charge in [-0.25, -0.2) is 0 Å². The molecule has 2 atom stereocenters. The van der Waals surface area contributed by atoms with E-state index in [1.807, 2.05) is 19.1 Å². The number of rotatable bonds is 7. The molecular weight excluding hydrogens is 270 g/mol. The second-order valence-corrected chi connectivity index (χ2v) is 5.50. The van der Waals surface area contributed by atoms with E-state index in [-0.39, 0.29) is 17.6 Å². The summed E-state index contributed by atoms with van der Waals surface area (Å²) in [5.74, 6) is -0.0479. The molecule has 5 heteroatoms. The Kier molecular flexibility index (Phi) is 5.44. The number of hydrogen-bond acceptors (Lipinski definition) is 4. The van der Waals surface area contributed by atoms with Crippen molar-refractivity contribution in [3.05, 3.63) is 23.8 Å². The molecule has 1 aliphatic carbocycles. The van der Waals surface area contributed by atoms with Crippen LogP contribution in [0.4, 0.5) is 0 Å². The van der Waals surface area contributed by atoms with Gasteiger partial charge < -0.3 is 20.3 Å². The van der Waals surface area contributed by atoms with Gasteiger partial charge in [-0.15, -0.1) is 0 Å². The highest BCUT2D eigenvalue weighted by Crippen LogP contribution is 2.31. The van der Waals surface area contributed by atoms with E-state index < -0.39 is 5.97 Å². The molecule has 1 fully saturated rings. The standard InChI is InChI=1S/C16H23NO4/c1-2-21-15-8-11(6-7-14(15)18)9-17-10-12-4-3-5-13(12)16(19)20/h6-8,12-13,17-18H,2-5,9-10H2,1H3,(H,19,20). The van der Waals surface area contributed by atoms with Crippen LogP contribution in [0.1, 0.15) is 31.7 Å². The summed E-state index contributed by atoms with van der Waals surface area (Å²) >= 11 is 0. The van der Waals surface area contributed by atoms with Crippen LogP contribution in [0.5, 0.6) is 11.5 Å². The van der Waals surface area contributed by atoms with E-state index in [9.17, 15) is 9.90 Å². The molecule has 0 saturated heterocycles. The number of carboxylic acids is 1. The summed E-state index contributed by atoms with van der Waals surface area (Å²) in [7, 11) is 0. The van der Waals surface area contributed by atoms with Gasteiger partial charge in [0.05, 0.1) is 12.5 Å². The number of carboxylic acid groups (broad SMARTS) is 1. The maximum Gasteiger partial charge on any atom is 0.306 e. The zero-order chi connectivity index (χ0) is 15.2. The molecule has 0 amide bonds. The van der Waals surface area contributed by atoms with Crippen LogP contribution in [0.15, 0.2) is 18.2 Å². The van der Waals surface area contributed by atoms with E-state index in [4.69, 9.17) is 9.84 Å². The van der Waals surface area contributed by atoms with Crippen molar-refractivity contribution in [2.75, 3.05) is 13.2 Å². The van der Waals surface area contributed by atoms with Crippen molar-refractivity contribution in [1.29, 1.82) is 0 Å². The molecule has 3 N–H and O–H groups in total. The first-order valence-electron chi connectivity index (χ1n) is 7.50. The number of benzene rings is 1. The molecule has 21 heavy (non-hydrogen) atoms. The lowest BCUT2D eigenvalue weighted by Gasteiger charge is -2.16. The van der Waals surface area contributed by atoms with E-state index >= 15 is 0 Å². The van der Waals surface area contributed by atoms with Crippen molar-refractivity contribution in [2.45, 2.75) is 32.7 Å². The predicted molar refractivity (Wildman–Crippen MR) is 79.4 cm³/mol. The van der Waals surface area contributed by atoms with Crippen LogP contribution >= 0.6 is 0 Å². The molecule has 1 aromatic rings. The van der Waals surface area contributed by atoms with E-state index in [0.29, 0.717) is 25.4 Å². The summed E-state index contributed by atoms with van der Waals surface area (Å²) in [6, 6.07) is 5.28. The maximum atomic E-state index is 11.1. The summed E-state index contributed by atoms with van der Waals surface area (Å²) in [5.41, 5.74) is 1.01. The molecule has 0 aromatic heterocycles. The first-order chi connectivity index (χ1) is 10.1. The number of nitrogens with one attached hydrogen (secondary N) is 1. The minimum atomic E-state index is -0.678. The normalized spacial score (nSPS) is 21.4. The van der Waals surface area contributed by atoms with Gasteiger partial charge in [0.15, 0.2) is 11.5 Å². The molecule has 1 aromatic carbocycles. The zero-order valence-corrected chi connectivity index (χ0v) is 12.3. The van der Waals surface area contributed by atoms with E-state index in [1.54, 1.807) is 6.07 Å². The van der Waals surface area contributed by atoms with Gasteiger partial charge in [0.25, 0.3) is 0 Å². The van der Waals surface area contributed by atoms with Gasteiger partial charge in [-0.3, -0.25) is 4.79 Å². The Morgan fingerprint density at radius 1 is 1.43 bits per heavy atom. The van der Waals surface area contributed by atoms with Crippen LogP contribution < -0.4 is 10.1 Å². The number of phenolic OH excluding ortho intramolecular Hbond substituents is 1.